The van der Waals surface area contributed by atoms with Gasteiger partial charge in [0.25, 0.3) is 0 Å². The van der Waals surface area contributed by atoms with Crippen LogP contribution < -0.4 is 16.4 Å². The second-order valence-corrected chi connectivity index (χ2v) is 7.99. The molecule has 5 rings (SSSR count). The largest absolute Gasteiger partial charge is 0.416 e. The van der Waals surface area contributed by atoms with Gasteiger partial charge in [-0.3, -0.25) is 10.1 Å². The molecule has 7 nitrogen and oxygen atoms in total. The van der Waals surface area contributed by atoms with Crippen LogP contribution in [0.2, 0.25) is 0 Å². The van der Waals surface area contributed by atoms with Crippen LogP contribution in [-0.2, 0) is 6.18 Å². The van der Waals surface area contributed by atoms with E-state index in [9.17, 15) is 18.0 Å². The maximum absolute atomic E-state index is 12.9. The van der Waals surface area contributed by atoms with Gasteiger partial charge in [0.15, 0.2) is 5.82 Å². The first-order valence-corrected chi connectivity index (χ1v) is 10.8. The Labute approximate surface area is 203 Å². The van der Waals surface area contributed by atoms with E-state index in [0.717, 1.165) is 45.3 Å². The lowest BCUT2D eigenvalue weighted by molar-refractivity contribution is -0.137. The van der Waals surface area contributed by atoms with E-state index in [1.54, 1.807) is 24.5 Å². The number of fused-ring (bicyclic) bond motifs is 1. The van der Waals surface area contributed by atoms with Crippen molar-refractivity contribution in [3.05, 3.63) is 90.8 Å². The summed E-state index contributed by atoms with van der Waals surface area (Å²) >= 11 is 0. The Morgan fingerprint density at radius 1 is 0.833 bits per heavy atom. The van der Waals surface area contributed by atoms with Crippen LogP contribution >= 0.6 is 0 Å². The fourth-order valence-electron chi connectivity index (χ4n) is 3.97. The molecule has 0 saturated heterocycles. The minimum absolute atomic E-state index is 0.0334. The predicted molar refractivity (Wildman–Crippen MR) is 133 cm³/mol. The summed E-state index contributed by atoms with van der Waals surface area (Å²) in [5.74, 6) is 0.360. The van der Waals surface area contributed by atoms with Crippen molar-refractivity contribution in [3.63, 3.8) is 0 Å². The zero-order valence-corrected chi connectivity index (χ0v) is 18.6. The second kappa shape index (κ2) is 9.06. The number of carbonyl (C=O) groups is 1. The minimum atomic E-state index is -4.50. The summed E-state index contributed by atoms with van der Waals surface area (Å²) in [6.45, 7) is 0. The van der Waals surface area contributed by atoms with E-state index < -0.39 is 17.8 Å². The molecular formula is C26H19F3N6O. The number of anilines is 3. The first kappa shape index (κ1) is 22.9. The monoisotopic (exact) mass is 488 g/mol. The fourth-order valence-corrected chi connectivity index (χ4v) is 3.97. The maximum Gasteiger partial charge on any atom is 0.416 e. The molecule has 0 bridgehead atoms. The van der Waals surface area contributed by atoms with Gasteiger partial charge in [-0.1, -0.05) is 30.3 Å². The topological polar surface area (TPSA) is 109 Å². The summed E-state index contributed by atoms with van der Waals surface area (Å²) in [6, 6.07) is 18.5. The summed E-state index contributed by atoms with van der Waals surface area (Å²) in [4.78, 5) is 16.4. The average molecular weight is 488 g/mol. The Balaban J connectivity index is 1.36. The summed E-state index contributed by atoms with van der Waals surface area (Å²) in [5, 5.41) is 13.0. The number of carbonyl (C=O) groups excluding carboxylic acids is 1. The zero-order valence-electron chi connectivity index (χ0n) is 18.6. The Kier molecular flexibility index (Phi) is 5.77. The van der Waals surface area contributed by atoms with Crippen molar-refractivity contribution in [2.24, 2.45) is 0 Å². The van der Waals surface area contributed by atoms with Crippen LogP contribution in [-0.4, -0.2) is 21.2 Å². The Hall–Kier alpha value is -4.86. The third-order valence-electron chi connectivity index (χ3n) is 5.64. The molecule has 2 heterocycles. The normalized spacial score (nSPS) is 11.4. The van der Waals surface area contributed by atoms with Crippen LogP contribution in [0.15, 0.2) is 85.2 Å². The molecule has 0 saturated carbocycles. The van der Waals surface area contributed by atoms with Gasteiger partial charge >= 0.3 is 12.2 Å². The number of alkyl halides is 3. The van der Waals surface area contributed by atoms with Crippen molar-refractivity contribution in [3.8, 4) is 22.3 Å². The molecule has 0 unspecified atom stereocenters. The smallest absolute Gasteiger partial charge is 0.382 e. The molecular weight excluding hydrogens is 469 g/mol. The number of benzene rings is 3. The third-order valence-corrected chi connectivity index (χ3v) is 5.64. The Morgan fingerprint density at radius 3 is 2.22 bits per heavy atom. The van der Waals surface area contributed by atoms with Gasteiger partial charge in [0.2, 0.25) is 0 Å². The van der Waals surface area contributed by atoms with Crippen molar-refractivity contribution in [2.45, 2.75) is 6.18 Å². The van der Waals surface area contributed by atoms with Gasteiger partial charge in [-0.25, -0.2) is 4.79 Å². The van der Waals surface area contributed by atoms with E-state index >= 15 is 0 Å². The lowest BCUT2D eigenvalue weighted by atomic mass is 9.96. The van der Waals surface area contributed by atoms with Gasteiger partial charge in [0.1, 0.15) is 0 Å². The number of urea groups is 1. The molecule has 0 fully saturated rings. The van der Waals surface area contributed by atoms with Crippen molar-refractivity contribution < 1.29 is 18.0 Å². The number of hydrogen-bond donors (Lipinski definition) is 4. The quantitative estimate of drug-likeness (QED) is 0.230. The lowest BCUT2D eigenvalue weighted by Crippen LogP contribution is -2.19. The van der Waals surface area contributed by atoms with Crippen LogP contribution in [0, 0.1) is 0 Å². The molecule has 0 radical (unpaired) electrons. The van der Waals surface area contributed by atoms with Crippen LogP contribution in [0.1, 0.15) is 5.56 Å². The van der Waals surface area contributed by atoms with Crippen LogP contribution in [0.4, 0.5) is 35.2 Å². The van der Waals surface area contributed by atoms with E-state index in [0.29, 0.717) is 11.5 Å². The van der Waals surface area contributed by atoms with Crippen LogP contribution in [0.3, 0.4) is 0 Å². The second-order valence-electron chi connectivity index (χ2n) is 7.99. The number of aromatic nitrogens is 3. The zero-order chi connectivity index (χ0) is 25.3. The third kappa shape index (κ3) is 4.56. The van der Waals surface area contributed by atoms with Gasteiger partial charge in [-0.2, -0.15) is 18.3 Å². The molecule has 3 aromatic carbocycles. The molecule has 0 aliphatic rings. The number of halogens is 3. The highest BCUT2D eigenvalue weighted by molar-refractivity contribution is 6.08. The number of rotatable bonds is 4. The van der Waals surface area contributed by atoms with E-state index in [1.165, 1.54) is 12.1 Å². The molecule has 2 amide bonds. The first-order valence-electron chi connectivity index (χ1n) is 10.8. The van der Waals surface area contributed by atoms with Crippen LogP contribution in [0.25, 0.3) is 33.2 Å². The van der Waals surface area contributed by atoms with Crippen molar-refractivity contribution in [2.75, 3.05) is 16.4 Å². The number of aromatic amines is 1. The number of nitrogen functional groups attached to an aromatic ring is 1. The van der Waals surface area contributed by atoms with Gasteiger partial charge in [-0.05, 0) is 59.2 Å². The fraction of sp³-hybridized carbons (Fsp3) is 0.0385. The molecule has 2 aromatic heterocycles. The molecule has 0 aliphatic carbocycles. The standard InChI is InChI=1S/C26H19F3N6O/c27-26(28,29)17-2-1-3-19(14-17)33-25(36)32-18-6-4-15(5-7-18)20-8-9-21(16-10-12-31-13-11-16)23-22(20)24(30)35-34-23/h1-14H,(H3,30,34,35)(H2,32,33,36). The summed E-state index contributed by atoms with van der Waals surface area (Å²) in [6.07, 6.45) is -1.07. The highest BCUT2D eigenvalue weighted by atomic mass is 19.4. The number of pyridine rings is 1. The maximum atomic E-state index is 12.9. The van der Waals surface area contributed by atoms with Gasteiger partial charge < -0.3 is 16.4 Å². The number of nitrogens with zero attached hydrogens (tertiary/aromatic N) is 2. The lowest BCUT2D eigenvalue weighted by Gasteiger charge is -2.12. The number of nitrogens with two attached hydrogens (primary N) is 1. The van der Waals surface area contributed by atoms with E-state index in [2.05, 4.69) is 25.8 Å². The number of nitrogens with one attached hydrogen (secondary N) is 3. The number of amides is 2. The molecule has 0 atom stereocenters. The highest BCUT2D eigenvalue weighted by Crippen LogP contribution is 2.37. The SMILES string of the molecule is Nc1n[nH]c2c(-c3ccncc3)ccc(-c3ccc(NC(=O)Nc4cccc(C(F)(F)F)c4)cc3)c12. The molecule has 0 aliphatic heterocycles. The van der Waals surface area contributed by atoms with Gasteiger partial charge in [0, 0.05) is 29.3 Å². The number of H-pyrrole nitrogens is 1. The summed E-state index contributed by atoms with van der Waals surface area (Å²) in [7, 11) is 0. The molecule has 5 N–H and O–H groups in total. The number of hydrogen-bond acceptors (Lipinski definition) is 4. The van der Waals surface area contributed by atoms with E-state index in [-0.39, 0.29) is 5.69 Å². The Bertz CT molecular complexity index is 1550. The van der Waals surface area contributed by atoms with Crippen molar-refractivity contribution >= 4 is 34.1 Å². The van der Waals surface area contributed by atoms with Gasteiger partial charge in [0.05, 0.1) is 16.5 Å². The van der Waals surface area contributed by atoms with Crippen molar-refractivity contribution in [1.82, 2.24) is 15.2 Å². The van der Waals surface area contributed by atoms with Crippen LogP contribution in [0.5, 0.6) is 0 Å². The van der Waals surface area contributed by atoms with Crippen molar-refractivity contribution in [1.29, 1.82) is 0 Å². The summed E-state index contributed by atoms with van der Waals surface area (Å²) < 4.78 is 38.7. The molecule has 36 heavy (non-hydrogen) atoms. The van der Waals surface area contributed by atoms with E-state index in [4.69, 9.17) is 5.73 Å². The molecule has 5 aromatic rings. The molecule has 180 valence electrons. The average Bonchev–Trinajstić information content (AvgIpc) is 3.26. The first-order chi connectivity index (χ1) is 17.3. The predicted octanol–water partition coefficient (Wildman–Crippen LogP) is 6.54. The van der Waals surface area contributed by atoms with E-state index in [1.807, 2.05) is 36.4 Å². The molecule has 0 spiro atoms. The molecule has 10 heteroatoms. The van der Waals surface area contributed by atoms with Gasteiger partial charge in [-0.15, -0.1) is 0 Å². The minimum Gasteiger partial charge on any atom is -0.382 e. The summed E-state index contributed by atoms with van der Waals surface area (Å²) in [5.41, 5.74) is 10.2. The Morgan fingerprint density at radius 2 is 1.50 bits per heavy atom. The highest BCUT2D eigenvalue weighted by Gasteiger charge is 2.30.